The van der Waals surface area contributed by atoms with Crippen molar-refractivity contribution in [2.24, 2.45) is 0 Å². The van der Waals surface area contributed by atoms with Crippen LogP contribution in [-0.4, -0.2) is 23.1 Å². The van der Waals surface area contributed by atoms with Crippen molar-refractivity contribution in [3.8, 4) is 23.3 Å². The van der Waals surface area contributed by atoms with Crippen LogP contribution in [0.15, 0.2) is 48.5 Å². The van der Waals surface area contributed by atoms with E-state index in [2.05, 4.69) is 0 Å². The van der Waals surface area contributed by atoms with Crippen LogP contribution in [-0.2, 0) is 13.6 Å². The first-order valence-electron chi connectivity index (χ1n) is 9.72. The number of fused-ring (bicyclic) bond motifs is 3. The highest BCUT2D eigenvalue weighted by Gasteiger charge is 2.63. The largest absolute Gasteiger partial charge is 0.366 e. The minimum absolute atomic E-state index is 0.372. The van der Waals surface area contributed by atoms with Crippen molar-refractivity contribution in [3.63, 3.8) is 0 Å². The molecule has 0 heterocycles. The van der Waals surface area contributed by atoms with Gasteiger partial charge in [-0.05, 0) is 44.4 Å². The first kappa shape index (κ1) is 21.9. The Morgan fingerprint density at radius 3 is 1.83 bits per heavy atom. The van der Waals surface area contributed by atoms with Crippen molar-refractivity contribution in [2.75, 3.05) is 0 Å². The van der Waals surface area contributed by atoms with E-state index in [1.165, 1.54) is 0 Å². The van der Waals surface area contributed by atoms with Crippen LogP contribution in [0.4, 0.5) is 0 Å². The second-order valence-electron chi connectivity index (χ2n) is 7.73. The molecule has 0 bridgehead atoms. The predicted octanol–water partition coefficient (Wildman–Crippen LogP) is 5.46. The molecule has 0 fully saturated rings. The summed E-state index contributed by atoms with van der Waals surface area (Å²) < 4.78 is 25.3. The maximum absolute atomic E-state index is 14.0. The monoisotopic (exact) mass is 422 g/mol. The molecular weight excluding hydrogens is 399 g/mol. The second-order valence-corrected chi connectivity index (χ2v) is 9.85. The molecule has 0 amide bonds. The Balaban J connectivity index is 2.34. The van der Waals surface area contributed by atoms with Crippen molar-refractivity contribution in [2.45, 2.75) is 51.0 Å². The molecule has 0 aliphatic heterocycles. The molecule has 1 aliphatic rings. The molecule has 0 saturated heterocycles. The molecule has 154 valence electrons. The highest BCUT2D eigenvalue weighted by Crippen LogP contribution is 2.67. The highest BCUT2D eigenvalue weighted by molar-refractivity contribution is 7.56. The SMILES string of the molecule is CC(C)OP(=O)(OC(C)C)C(C#N)(C#N)C1C(=O)c2ccccc2-c2ccccc21. The molecule has 0 aromatic heterocycles. The van der Waals surface area contributed by atoms with Crippen molar-refractivity contribution >= 4 is 13.4 Å². The third-order valence-electron chi connectivity index (χ3n) is 4.91. The Morgan fingerprint density at radius 2 is 1.33 bits per heavy atom. The molecule has 1 atom stereocenters. The van der Waals surface area contributed by atoms with Gasteiger partial charge in [0.1, 0.15) is 0 Å². The van der Waals surface area contributed by atoms with E-state index in [1.54, 1.807) is 52.0 Å². The van der Waals surface area contributed by atoms with Crippen LogP contribution in [0.25, 0.3) is 11.1 Å². The fraction of sp³-hybridized carbons (Fsp3) is 0.348. The lowest BCUT2D eigenvalue weighted by atomic mass is 9.72. The number of carbonyl (C=O) groups is 1. The average Bonchev–Trinajstić information content (AvgIpc) is 2.70. The lowest BCUT2D eigenvalue weighted by Crippen LogP contribution is -2.42. The molecule has 0 saturated carbocycles. The number of carbonyl (C=O) groups excluding carboxylic acids is 1. The number of nitrogens with zero attached hydrogens (tertiary/aromatic N) is 2. The van der Waals surface area contributed by atoms with Crippen LogP contribution < -0.4 is 0 Å². The van der Waals surface area contributed by atoms with Gasteiger partial charge in [-0.15, -0.1) is 0 Å². The summed E-state index contributed by atoms with van der Waals surface area (Å²) in [5.74, 6) is -1.77. The van der Waals surface area contributed by atoms with Crippen LogP contribution in [0.5, 0.6) is 0 Å². The summed E-state index contributed by atoms with van der Waals surface area (Å²) >= 11 is 0. The van der Waals surface area contributed by atoms with E-state index in [0.717, 1.165) is 0 Å². The molecule has 6 nitrogen and oxygen atoms in total. The third kappa shape index (κ3) is 3.38. The molecular formula is C23H23N2O4P. The van der Waals surface area contributed by atoms with Gasteiger partial charge in [-0.2, -0.15) is 10.5 Å². The number of hydrogen-bond acceptors (Lipinski definition) is 6. The number of nitriles is 2. The van der Waals surface area contributed by atoms with Gasteiger partial charge in [-0.25, -0.2) is 0 Å². The zero-order valence-electron chi connectivity index (χ0n) is 17.3. The van der Waals surface area contributed by atoms with Crippen LogP contribution in [0.3, 0.4) is 0 Å². The molecule has 3 rings (SSSR count). The van der Waals surface area contributed by atoms with Crippen LogP contribution >= 0.6 is 7.60 Å². The predicted molar refractivity (Wildman–Crippen MR) is 113 cm³/mol. The van der Waals surface area contributed by atoms with E-state index < -0.39 is 36.7 Å². The fourth-order valence-electron chi connectivity index (χ4n) is 3.82. The smallest absolute Gasteiger partial charge is 0.304 e. The first-order valence-corrected chi connectivity index (χ1v) is 11.3. The summed E-state index contributed by atoms with van der Waals surface area (Å²) in [4.78, 5) is 13.6. The van der Waals surface area contributed by atoms with E-state index in [0.29, 0.717) is 22.3 Å². The summed E-state index contributed by atoms with van der Waals surface area (Å²) in [6, 6.07) is 17.8. The zero-order chi connectivity index (χ0) is 22.1. The number of rotatable bonds is 6. The molecule has 0 radical (unpaired) electrons. The Hall–Kier alpha value is -2.76. The fourth-order valence-corrected chi connectivity index (χ4v) is 6.13. The maximum atomic E-state index is 14.0. The van der Waals surface area contributed by atoms with E-state index >= 15 is 0 Å². The van der Waals surface area contributed by atoms with Gasteiger partial charge >= 0.3 is 7.60 Å². The Labute approximate surface area is 176 Å². The topological polar surface area (TPSA) is 100 Å². The Kier molecular flexibility index (Phi) is 5.97. The van der Waals surface area contributed by atoms with Gasteiger partial charge in [-0.3, -0.25) is 9.36 Å². The Morgan fingerprint density at radius 1 is 0.867 bits per heavy atom. The van der Waals surface area contributed by atoms with Crippen molar-refractivity contribution < 1.29 is 18.4 Å². The molecule has 0 spiro atoms. The highest BCUT2D eigenvalue weighted by atomic mass is 31.2. The van der Waals surface area contributed by atoms with E-state index in [1.807, 2.05) is 36.4 Å². The lowest BCUT2D eigenvalue weighted by molar-refractivity contribution is 0.0923. The zero-order valence-corrected chi connectivity index (χ0v) is 18.2. The third-order valence-corrected chi connectivity index (χ3v) is 7.63. The van der Waals surface area contributed by atoms with E-state index in [-0.39, 0.29) is 0 Å². The molecule has 2 aromatic carbocycles. The van der Waals surface area contributed by atoms with Crippen LogP contribution in [0, 0.1) is 22.7 Å². The molecule has 30 heavy (non-hydrogen) atoms. The molecule has 7 heteroatoms. The minimum Gasteiger partial charge on any atom is -0.304 e. The van der Waals surface area contributed by atoms with Crippen molar-refractivity contribution in [1.29, 1.82) is 10.5 Å². The number of hydrogen-bond donors (Lipinski definition) is 0. The summed E-state index contributed by atoms with van der Waals surface area (Å²) in [7, 11) is -4.39. The summed E-state index contributed by atoms with van der Waals surface area (Å²) in [6.45, 7) is 6.56. The van der Waals surface area contributed by atoms with Gasteiger partial charge in [0.15, 0.2) is 5.78 Å². The molecule has 2 aromatic rings. The second kappa shape index (κ2) is 8.17. The van der Waals surface area contributed by atoms with Crippen molar-refractivity contribution in [1.82, 2.24) is 0 Å². The molecule has 1 unspecified atom stereocenters. The van der Waals surface area contributed by atoms with Gasteiger partial charge in [0.2, 0.25) is 0 Å². The summed E-state index contributed by atoms with van der Waals surface area (Å²) in [5, 5.41) is 18.1. The molecule has 1 aliphatic carbocycles. The van der Waals surface area contributed by atoms with Crippen LogP contribution in [0.1, 0.15) is 49.5 Å². The van der Waals surface area contributed by atoms with Gasteiger partial charge in [0.05, 0.1) is 30.3 Å². The number of benzene rings is 2. The quantitative estimate of drug-likeness (QED) is 0.573. The van der Waals surface area contributed by atoms with Gasteiger partial charge in [0.25, 0.3) is 5.16 Å². The van der Waals surface area contributed by atoms with Gasteiger partial charge in [-0.1, -0.05) is 48.5 Å². The number of Topliss-reactive ketones (excluding diaryl/α,β-unsaturated/α-hetero) is 1. The minimum atomic E-state index is -4.39. The summed E-state index contributed by atoms with van der Waals surface area (Å²) in [5.41, 5.74) is 2.26. The lowest BCUT2D eigenvalue weighted by Gasteiger charge is -2.38. The normalized spacial score (nSPS) is 16.0. The average molecular weight is 422 g/mol. The molecule has 0 N–H and O–H groups in total. The van der Waals surface area contributed by atoms with Crippen LogP contribution in [0.2, 0.25) is 0 Å². The van der Waals surface area contributed by atoms with E-state index in [9.17, 15) is 19.9 Å². The maximum Gasteiger partial charge on any atom is 0.366 e. The Bertz CT molecular complexity index is 1080. The van der Waals surface area contributed by atoms with Crippen molar-refractivity contribution in [3.05, 3.63) is 59.7 Å². The van der Waals surface area contributed by atoms with Gasteiger partial charge < -0.3 is 9.05 Å². The standard InChI is InChI=1S/C23H23N2O4P/c1-15(2)28-30(27,29-16(3)4)23(13-24,14-25)21-19-11-7-5-9-17(19)18-10-6-8-12-20(18)22(21)26/h5-12,15-16,21H,1-4H3. The summed E-state index contributed by atoms with van der Waals surface area (Å²) in [6.07, 6.45) is -1.17. The number of ketones is 1. The first-order chi connectivity index (χ1) is 14.2. The van der Waals surface area contributed by atoms with E-state index in [4.69, 9.17) is 9.05 Å². The van der Waals surface area contributed by atoms with Gasteiger partial charge in [0, 0.05) is 5.56 Å².